The number of hydrogen-bond donors (Lipinski definition) is 0. The Balaban J connectivity index is 2.89. The summed E-state index contributed by atoms with van der Waals surface area (Å²) >= 11 is 6.55. The van der Waals surface area contributed by atoms with E-state index in [-0.39, 0.29) is 41.3 Å². The lowest BCUT2D eigenvalue weighted by molar-refractivity contribution is -0.158. The highest BCUT2D eigenvalue weighted by molar-refractivity contribution is 6.74. The molecule has 160 valence electrons. The minimum atomic E-state index is -2.00. The summed E-state index contributed by atoms with van der Waals surface area (Å²) in [5.41, 5.74) is -0.553. The summed E-state index contributed by atoms with van der Waals surface area (Å²) in [7, 11) is -2.00. The summed E-state index contributed by atoms with van der Waals surface area (Å²) in [4.78, 5) is 12.2. The lowest BCUT2D eigenvalue weighted by Gasteiger charge is -2.39. The Bertz CT molecular complexity index is 595. The number of allylic oxidation sites excluding steroid dienone is 2. The highest BCUT2D eigenvalue weighted by Crippen LogP contribution is 2.40. The fourth-order valence-electron chi connectivity index (χ4n) is 2.60. The van der Waals surface area contributed by atoms with Crippen LogP contribution in [0.2, 0.25) is 18.1 Å². The number of rotatable bonds is 7. The van der Waals surface area contributed by atoms with E-state index in [1.807, 2.05) is 26.8 Å². The Kier molecular flexibility index (Phi) is 8.83. The molecule has 0 bridgehead atoms. The Labute approximate surface area is 177 Å². The van der Waals surface area contributed by atoms with Gasteiger partial charge in [-0.15, -0.1) is 18.0 Å². The molecule has 6 heteroatoms. The van der Waals surface area contributed by atoms with Gasteiger partial charge in [-0.25, -0.2) is 0 Å². The molecular weight excluding hydrogens is 392 g/mol. The van der Waals surface area contributed by atoms with Gasteiger partial charge in [-0.05, 0) is 51.4 Å². The molecule has 1 aliphatic rings. The molecule has 28 heavy (non-hydrogen) atoms. The van der Waals surface area contributed by atoms with Crippen LogP contribution in [0.25, 0.3) is 0 Å². The van der Waals surface area contributed by atoms with Gasteiger partial charge in [-0.2, -0.15) is 0 Å². The molecule has 0 radical (unpaired) electrons. The quantitative estimate of drug-likeness (QED) is 0.238. The summed E-state index contributed by atoms with van der Waals surface area (Å²) in [5.74, 6) is 2.22. The van der Waals surface area contributed by atoms with Gasteiger partial charge in [0.2, 0.25) is 0 Å². The average molecular weight is 429 g/mol. The van der Waals surface area contributed by atoms with Gasteiger partial charge in [0.1, 0.15) is 12.7 Å². The predicted molar refractivity (Wildman–Crippen MR) is 118 cm³/mol. The second-order valence-corrected chi connectivity index (χ2v) is 15.4. The molecule has 0 aromatic carbocycles. The van der Waals surface area contributed by atoms with Crippen LogP contribution in [0.1, 0.15) is 54.4 Å². The molecule has 0 N–H and O–H groups in total. The van der Waals surface area contributed by atoms with Crippen LogP contribution in [0.4, 0.5) is 0 Å². The monoisotopic (exact) mass is 428 g/mol. The van der Waals surface area contributed by atoms with E-state index in [4.69, 9.17) is 31.9 Å². The first-order valence-corrected chi connectivity index (χ1v) is 13.3. The number of alkyl halides is 1. The van der Waals surface area contributed by atoms with Crippen molar-refractivity contribution < 1.29 is 18.7 Å². The summed E-state index contributed by atoms with van der Waals surface area (Å²) in [5, 5.41) is -0.133. The minimum absolute atomic E-state index is 0.0770. The summed E-state index contributed by atoms with van der Waals surface area (Å²) in [6.07, 6.45) is 9.45. The molecule has 0 aromatic heterocycles. The Morgan fingerprint density at radius 2 is 1.93 bits per heavy atom. The zero-order valence-corrected chi connectivity index (χ0v) is 20.4. The average Bonchev–Trinajstić information content (AvgIpc) is 2.93. The van der Waals surface area contributed by atoms with E-state index in [0.29, 0.717) is 12.8 Å². The number of carbonyl (C=O) groups excluding carboxylic acids is 1. The highest BCUT2D eigenvalue weighted by Gasteiger charge is 2.46. The molecule has 0 saturated carbocycles. The number of terminal acetylenes is 1. The smallest absolute Gasteiger partial charge is 0.311 e. The van der Waals surface area contributed by atoms with Crippen molar-refractivity contribution in [2.24, 2.45) is 5.41 Å². The van der Waals surface area contributed by atoms with Gasteiger partial charge in [0.25, 0.3) is 0 Å². The lowest BCUT2D eigenvalue weighted by atomic mass is 9.97. The van der Waals surface area contributed by atoms with Crippen molar-refractivity contribution in [3.8, 4) is 12.3 Å². The maximum Gasteiger partial charge on any atom is 0.311 e. The van der Waals surface area contributed by atoms with Crippen LogP contribution in [-0.4, -0.2) is 44.6 Å². The summed E-state index contributed by atoms with van der Waals surface area (Å²) in [6.45, 7) is 16.7. The summed E-state index contributed by atoms with van der Waals surface area (Å²) in [6, 6.07) is 0. The molecule has 1 heterocycles. The van der Waals surface area contributed by atoms with Crippen molar-refractivity contribution in [3.63, 3.8) is 0 Å². The molecule has 4 nitrogen and oxygen atoms in total. The van der Waals surface area contributed by atoms with Crippen molar-refractivity contribution >= 4 is 25.9 Å². The normalized spacial score (nSPS) is 24.9. The molecule has 0 amide bonds. The third kappa shape index (κ3) is 7.22. The standard InChI is InChI=1S/C22H37ClO4Si/c1-10-11-12-13-16(23)17-14-18(27-28(8,9)22(5,6)7)19(26-17)15-25-20(24)21(2,3)4/h1,11-12,16-19H,13-15H2,2-9H3/b12-11-/t16-,17-,18-,19+/m0/s1. The minimum Gasteiger partial charge on any atom is -0.462 e. The van der Waals surface area contributed by atoms with Gasteiger partial charge in [0.05, 0.1) is 23.0 Å². The molecule has 0 aliphatic carbocycles. The first kappa shape index (κ1) is 25.2. The van der Waals surface area contributed by atoms with Crippen LogP contribution >= 0.6 is 11.6 Å². The Morgan fingerprint density at radius 3 is 2.43 bits per heavy atom. The Hall–Kier alpha value is -0.803. The lowest BCUT2D eigenvalue weighted by Crippen LogP contribution is -2.46. The topological polar surface area (TPSA) is 44.8 Å². The van der Waals surface area contributed by atoms with Gasteiger partial charge in [-0.1, -0.05) is 32.8 Å². The van der Waals surface area contributed by atoms with Crippen LogP contribution in [0.15, 0.2) is 12.2 Å². The third-order valence-electron chi connectivity index (χ3n) is 5.45. The van der Waals surface area contributed by atoms with Crippen molar-refractivity contribution in [1.82, 2.24) is 0 Å². The molecule has 1 aliphatic heterocycles. The van der Waals surface area contributed by atoms with Crippen molar-refractivity contribution in [1.29, 1.82) is 0 Å². The van der Waals surface area contributed by atoms with E-state index in [0.717, 1.165) is 0 Å². The molecule has 1 fully saturated rings. The number of esters is 1. The number of carbonyl (C=O) groups is 1. The van der Waals surface area contributed by atoms with Crippen LogP contribution in [0.3, 0.4) is 0 Å². The van der Waals surface area contributed by atoms with E-state index in [1.165, 1.54) is 0 Å². The molecule has 0 aromatic rings. The zero-order chi connectivity index (χ0) is 21.8. The molecule has 1 saturated heterocycles. The molecular formula is C22H37ClO4Si. The summed E-state index contributed by atoms with van der Waals surface area (Å²) < 4.78 is 18.3. The number of ether oxygens (including phenoxy) is 2. The van der Waals surface area contributed by atoms with Crippen LogP contribution in [-0.2, 0) is 18.7 Å². The molecule has 1 rings (SSSR count). The maximum atomic E-state index is 12.2. The fourth-order valence-corrected chi connectivity index (χ4v) is 4.22. The number of halogens is 1. The van der Waals surface area contributed by atoms with Crippen molar-refractivity contribution in [2.45, 2.75) is 96.2 Å². The molecule has 4 atom stereocenters. The van der Waals surface area contributed by atoms with Gasteiger partial charge in [0, 0.05) is 6.42 Å². The Morgan fingerprint density at radius 1 is 1.32 bits per heavy atom. The molecule has 0 spiro atoms. The second-order valence-electron chi connectivity index (χ2n) is 10.0. The van der Waals surface area contributed by atoms with Gasteiger partial charge in [-0.3, -0.25) is 4.79 Å². The van der Waals surface area contributed by atoms with Crippen molar-refractivity contribution in [3.05, 3.63) is 12.2 Å². The fraction of sp³-hybridized carbons (Fsp3) is 0.773. The van der Waals surface area contributed by atoms with Gasteiger partial charge in [0.15, 0.2) is 8.32 Å². The largest absolute Gasteiger partial charge is 0.462 e. The van der Waals surface area contributed by atoms with E-state index in [1.54, 1.807) is 6.08 Å². The van der Waals surface area contributed by atoms with E-state index in [9.17, 15) is 4.79 Å². The van der Waals surface area contributed by atoms with E-state index in [2.05, 4.69) is 39.8 Å². The maximum absolute atomic E-state index is 12.2. The first-order valence-electron chi connectivity index (χ1n) is 9.94. The van der Waals surface area contributed by atoms with Crippen molar-refractivity contribution in [2.75, 3.05) is 6.61 Å². The third-order valence-corrected chi connectivity index (χ3v) is 10.4. The van der Waals surface area contributed by atoms with E-state index < -0.39 is 13.7 Å². The SMILES string of the molecule is C#C/C=C\C[C@H](Cl)[C@@H]1C[C@H](O[Si](C)(C)C(C)(C)C)[C@@H](COC(=O)C(C)(C)C)O1. The van der Waals surface area contributed by atoms with Gasteiger partial charge >= 0.3 is 5.97 Å². The molecule has 0 unspecified atom stereocenters. The van der Waals surface area contributed by atoms with E-state index >= 15 is 0 Å². The first-order chi connectivity index (χ1) is 12.7. The van der Waals surface area contributed by atoms with Crippen LogP contribution < -0.4 is 0 Å². The van der Waals surface area contributed by atoms with Gasteiger partial charge < -0.3 is 13.9 Å². The van der Waals surface area contributed by atoms with Crippen LogP contribution in [0.5, 0.6) is 0 Å². The highest BCUT2D eigenvalue weighted by atomic mass is 35.5. The second kappa shape index (κ2) is 9.80. The number of hydrogen-bond acceptors (Lipinski definition) is 4. The predicted octanol–water partition coefficient (Wildman–Crippen LogP) is 5.31. The van der Waals surface area contributed by atoms with Crippen LogP contribution in [0, 0.1) is 17.8 Å². The zero-order valence-electron chi connectivity index (χ0n) is 18.7.